The first-order valence-corrected chi connectivity index (χ1v) is 7.63. The molecular weight excluding hydrogens is 256 g/mol. The molecule has 0 saturated carbocycles. The first kappa shape index (κ1) is 14.3. The van der Waals surface area contributed by atoms with E-state index in [0.29, 0.717) is 0 Å². The number of anilines is 1. The van der Waals surface area contributed by atoms with Crippen LogP contribution in [-0.2, 0) is 0 Å². The van der Waals surface area contributed by atoms with Crippen molar-refractivity contribution in [3.05, 3.63) is 29.3 Å². The second-order valence-electron chi connectivity index (χ2n) is 5.63. The average Bonchev–Trinajstić information content (AvgIpc) is 2.36. The Hall–Kier alpha value is -1.16. The van der Waals surface area contributed by atoms with Crippen molar-refractivity contribution in [1.82, 2.24) is 4.90 Å². The van der Waals surface area contributed by atoms with Crippen LogP contribution in [0.1, 0.15) is 29.8 Å². The van der Waals surface area contributed by atoms with Gasteiger partial charge in [-0.05, 0) is 38.5 Å². The van der Waals surface area contributed by atoms with Crippen molar-refractivity contribution in [2.45, 2.75) is 25.5 Å². The van der Waals surface area contributed by atoms with E-state index >= 15 is 0 Å². The Bertz CT molecular complexity index is 485. The van der Waals surface area contributed by atoms with Gasteiger partial charge < -0.3 is 10.2 Å². The summed E-state index contributed by atoms with van der Waals surface area (Å²) >= 11 is 1.94. The lowest BCUT2D eigenvalue weighted by atomic mass is 10.1. The molecule has 1 saturated heterocycles. The molecule has 0 aromatic heterocycles. The van der Waals surface area contributed by atoms with Gasteiger partial charge >= 0.3 is 0 Å². The van der Waals surface area contributed by atoms with Gasteiger partial charge in [-0.1, -0.05) is 6.07 Å². The first-order chi connectivity index (χ1) is 8.93. The molecule has 0 bridgehead atoms. The molecule has 0 radical (unpaired) electrons. The van der Waals surface area contributed by atoms with E-state index in [9.17, 15) is 4.79 Å². The molecule has 1 N–H and O–H groups in total. The largest absolute Gasteiger partial charge is 0.387 e. The predicted molar refractivity (Wildman–Crippen MR) is 83.2 cm³/mol. The summed E-state index contributed by atoms with van der Waals surface area (Å²) in [4.78, 5) is 14.6. The Morgan fingerprint density at radius 1 is 1.42 bits per heavy atom. The van der Waals surface area contributed by atoms with Crippen LogP contribution in [-0.4, -0.2) is 41.4 Å². The number of aryl methyl sites for hydroxylation is 1. The highest BCUT2D eigenvalue weighted by Gasteiger charge is 2.30. The molecule has 4 heteroatoms. The standard InChI is InChI=1S/C15H22N2OS/c1-11-5-6-12(13(9-11)16-4)14(18)17-7-8-19-15(2,3)10-17/h5-6,9,16H,7-8,10H2,1-4H3. The fraction of sp³-hybridized carbons (Fsp3) is 0.533. The molecule has 0 atom stereocenters. The summed E-state index contributed by atoms with van der Waals surface area (Å²) < 4.78 is 0.151. The smallest absolute Gasteiger partial charge is 0.256 e. The third-order valence-corrected chi connectivity index (χ3v) is 4.68. The van der Waals surface area contributed by atoms with Gasteiger partial charge in [-0.25, -0.2) is 0 Å². The zero-order valence-electron chi connectivity index (χ0n) is 12.1. The number of nitrogens with zero attached hydrogens (tertiary/aromatic N) is 1. The van der Waals surface area contributed by atoms with Crippen LogP contribution >= 0.6 is 11.8 Å². The summed E-state index contributed by atoms with van der Waals surface area (Å²) in [7, 11) is 1.86. The molecule has 0 aliphatic carbocycles. The number of benzene rings is 1. The maximum Gasteiger partial charge on any atom is 0.256 e. The van der Waals surface area contributed by atoms with Gasteiger partial charge in [-0.15, -0.1) is 0 Å². The van der Waals surface area contributed by atoms with Crippen molar-refractivity contribution in [2.75, 3.05) is 31.2 Å². The number of amides is 1. The summed E-state index contributed by atoms with van der Waals surface area (Å²) in [6.07, 6.45) is 0. The quantitative estimate of drug-likeness (QED) is 0.902. The van der Waals surface area contributed by atoms with Crippen molar-refractivity contribution in [1.29, 1.82) is 0 Å². The summed E-state index contributed by atoms with van der Waals surface area (Å²) in [5.41, 5.74) is 2.85. The molecule has 19 heavy (non-hydrogen) atoms. The van der Waals surface area contributed by atoms with Crippen LogP contribution in [0.5, 0.6) is 0 Å². The second-order valence-corrected chi connectivity index (χ2v) is 7.44. The van der Waals surface area contributed by atoms with Crippen molar-refractivity contribution in [2.24, 2.45) is 0 Å². The number of hydrogen-bond acceptors (Lipinski definition) is 3. The Balaban J connectivity index is 2.24. The molecule has 104 valence electrons. The fourth-order valence-electron chi connectivity index (χ4n) is 2.41. The normalized spacial score (nSPS) is 18.2. The SMILES string of the molecule is CNc1cc(C)ccc1C(=O)N1CCSC(C)(C)C1. The highest BCUT2D eigenvalue weighted by atomic mass is 32.2. The first-order valence-electron chi connectivity index (χ1n) is 6.64. The van der Waals surface area contributed by atoms with Gasteiger partial charge in [-0.2, -0.15) is 11.8 Å². The van der Waals surface area contributed by atoms with E-state index < -0.39 is 0 Å². The maximum absolute atomic E-state index is 12.7. The van der Waals surface area contributed by atoms with Crippen LogP contribution < -0.4 is 5.32 Å². The third kappa shape index (κ3) is 3.24. The molecule has 1 aliphatic rings. The van der Waals surface area contributed by atoms with Gasteiger partial charge in [0, 0.05) is 36.3 Å². The van der Waals surface area contributed by atoms with Gasteiger partial charge in [0.05, 0.1) is 5.56 Å². The topological polar surface area (TPSA) is 32.3 Å². The highest BCUT2D eigenvalue weighted by molar-refractivity contribution is 8.00. The van der Waals surface area contributed by atoms with Crippen LogP contribution in [0.25, 0.3) is 0 Å². The van der Waals surface area contributed by atoms with Crippen LogP contribution in [0.4, 0.5) is 5.69 Å². The zero-order chi connectivity index (χ0) is 14.0. The van der Waals surface area contributed by atoms with Crippen LogP contribution in [0.15, 0.2) is 18.2 Å². The van der Waals surface area contributed by atoms with Crippen molar-refractivity contribution < 1.29 is 4.79 Å². The maximum atomic E-state index is 12.7. The third-order valence-electron chi connectivity index (χ3n) is 3.39. The second kappa shape index (κ2) is 5.45. The molecule has 1 amide bonds. The number of rotatable bonds is 2. The minimum atomic E-state index is 0.137. The van der Waals surface area contributed by atoms with E-state index in [-0.39, 0.29) is 10.7 Å². The van der Waals surface area contributed by atoms with Gasteiger partial charge in [-0.3, -0.25) is 4.79 Å². The molecule has 0 unspecified atom stereocenters. The van der Waals surface area contributed by atoms with E-state index in [1.54, 1.807) is 0 Å². The van der Waals surface area contributed by atoms with Crippen molar-refractivity contribution in [3.63, 3.8) is 0 Å². The average molecular weight is 278 g/mol. The number of nitrogens with one attached hydrogen (secondary N) is 1. The Labute approximate surface area is 119 Å². The van der Waals surface area contributed by atoms with Crippen molar-refractivity contribution in [3.8, 4) is 0 Å². The highest BCUT2D eigenvalue weighted by Crippen LogP contribution is 2.31. The molecule has 3 nitrogen and oxygen atoms in total. The van der Waals surface area contributed by atoms with E-state index in [1.807, 2.05) is 48.8 Å². The van der Waals surface area contributed by atoms with Gasteiger partial charge in [0.15, 0.2) is 0 Å². The molecule has 1 fully saturated rings. The Morgan fingerprint density at radius 3 is 2.79 bits per heavy atom. The summed E-state index contributed by atoms with van der Waals surface area (Å²) in [6.45, 7) is 8.09. The number of carbonyl (C=O) groups excluding carboxylic acids is 1. The minimum Gasteiger partial charge on any atom is -0.387 e. The van der Waals surface area contributed by atoms with E-state index in [1.165, 1.54) is 0 Å². The summed E-state index contributed by atoms with van der Waals surface area (Å²) in [5, 5.41) is 3.12. The molecule has 0 spiro atoms. The summed E-state index contributed by atoms with van der Waals surface area (Å²) in [6, 6.07) is 5.95. The summed E-state index contributed by atoms with van der Waals surface area (Å²) in [5.74, 6) is 1.15. The van der Waals surface area contributed by atoms with E-state index in [2.05, 4.69) is 19.2 Å². The van der Waals surface area contributed by atoms with E-state index in [4.69, 9.17) is 0 Å². The molecule has 2 rings (SSSR count). The van der Waals surface area contributed by atoms with E-state index in [0.717, 1.165) is 35.7 Å². The lowest BCUT2D eigenvalue weighted by Gasteiger charge is -2.37. The zero-order valence-corrected chi connectivity index (χ0v) is 12.9. The lowest BCUT2D eigenvalue weighted by molar-refractivity contribution is 0.0749. The number of carbonyl (C=O) groups is 1. The monoisotopic (exact) mass is 278 g/mol. The molecule has 1 heterocycles. The Morgan fingerprint density at radius 2 is 2.16 bits per heavy atom. The number of thioether (sulfide) groups is 1. The van der Waals surface area contributed by atoms with Gasteiger partial charge in [0.1, 0.15) is 0 Å². The van der Waals surface area contributed by atoms with Crippen LogP contribution in [0.2, 0.25) is 0 Å². The minimum absolute atomic E-state index is 0.137. The van der Waals surface area contributed by atoms with Gasteiger partial charge in [0.2, 0.25) is 0 Å². The number of hydrogen-bond donors (Lipinski definition) is 1. The molecular formula is C15H22N2OS. The fourth-order valence-corrected chi connectivity index (χ4v) is 3.52. The Kier molecular flexibility index (Phi) is 4.09. The van der Waals surface area contributed by atoms with Crippen LogP contribution in [0.3, 0.4) is 0 Å². The molecule has 1 aliphatic heterocycles. The lowest BCUT2D eigenvalue weighted by Crippen LogP contribution is -2.46. The van der Waals surface area contributed by atoms with Gasteiger partial charge in [0.25, 0.3) is 5.91 Å². The van der Waals surface area contributed by atoms with Crippen molar-refractivity contribution >= 4 is 23.4 Å². The van der Waals surface area contributed by atoms with Crippen LogP contribution in [0, 0.1) is 6.92 Å². The molecule has 1 aromatic rings. The molecule has 1 aromatic carbocycles. The predicted octanol–water partition coefficient (Wildman–Crippen LogP) is 3.00.